The molecular weight excluding hydrogens is 286 g/mol. The first-order chi connectivity index (χ1) is 10.1. The maximum Gasteiger partial charge on any atom is 0.253 e. The molecule has 0 spiro atoms. The van der Waals surface area contributed by atoms with Crippen LogP contribution in [0.3, 0.4) is 0 Å². The van der Waals surface area contributed by atoms with E-state index in [-0.39, 0.29) is 11.9 Å². The monoisotopic (exact) mass is 309 g/mol. The van der Waals surface area contributed by atoms with Gasteiger partial charge in [-0.3, -0.25) is 4.79 Å². The molecular formula is C16H24ClN3O. The number of halogens is 1. The van der Waals surface area contributed by atoms with E-state index in [1.807, 2.05) is 6.07 Å². The average Bonchev–Trinajstić information content (AvgIpc) is 2.48. The predicted molar refractivity (Wildman–Crippen MR) is 88.2 cm³/mol. The van der Waals surface area contributed by atoms with Crippen molar-refractivity contribution in [3.63, 3.8) is 0 Å². The van der Waals surface area contributed by atoms with E-state index in [1.165, 1.54) is 19.3 Å². The van der Waals surface area contributed by atoms with E-state index in [0.29, 0.717) is 10.6 Å². The maximum absolute atomic E-state index is 12.4. The van der Waals surface area contributed by atoms with Gasteiger partial charge < -0.3 is 15.5 Å². The number of hydrogen-bond acceptors (Lipinski definition) is 3. The lowest BCUT2D eigenvalue weighted by atomic mass is 10.1. The third kappa shape index (κ3) is 4.61. The van der Waals surface area contributed by atoms with E-state index in [4.69, 9.17) is 11.6 Å². The van der Waals surface area contributed by atoms with Crippen LogP contribution in [0.5, 0.6) is 0 Å². The number of nitrogens with zero attached hydrogens (tertiary/aromatic N) is 1. The summed E-state index contributed by atoms with van der Waals surface area (Å²) in [6.45, 7) is 5.23. The highest BCUT2D eigenvalue weighted by atomic mass is 35.5. The molecule has 2 rings (SSSR count). The minimum atomic E-state index is -0.0774. The van der Waals surface area contributed by atoms with Gasteiger partial charge in [-0.2, -0.15) is 0 Å². The fourth-order valence-corrected chi connectivity index (χ4v) is 2.97. The number of nitrogens with one attached hydrogen (secondary N) is 2. The van der Waals surface area contributed by atoms with Crippen molar-refractivity contribution >= 4 is 23.2 Å². The van der Waals surface area contributed by atoms with Crippen molar-refractivity contribution < 1.29 is 4.79 Å². The number of rotatable bonds is 5. The molecule has 1 aliphatic heterocycles. The standard InChI is InChI=1S/C16H24ClN3O/c1-12(11-20-8-4-3-5-9-20)19-16(21)14-10-13(17)6-7-15(14)18-2/h6-7,10,12,18H,3-5,8-9,11H2,1-2H3,(H,19,21). The first-order valence-corrected chi connectivity index (χ1v) is 7.98. The van der Waals surface area contributed by atoms with Gasteiger partial charge in [0.25, 0.3) is 5.91 Å². The first kappa shape index (κ1) is 16.1. The number of benzene rings is 1. The van der Waals surface area contributed by atoms with Crippen LogP contribution in [0.15, 0.2) is 18.2 Å². The van der Waals surface area contributed by atoms with Gasteiger partial charge >= 0.3 is 0 Å². The van der Waals surface area contributed by atoms with E-state index >= 15 is 0 Å². The van der Waals surface area contributed by atoms with E-state index in [9.17, 15) is 4.79 Å². The fourth-order valence-electron chi connectivity index (χ4n) is 2.80. The van der Waals surface area contributed by atoms with Crippen LogP contribution in [-0.2, 0) is 0 Å². The third-order valence-corrected chi connectivity index (χ3v) is 4.09. The number of piperidine rings is 1. The van der Waals surface area contributed by atoms with Crippen LogP contribution < -0.4 is 10.6 Å². The Kier molecular flexibility index (Phi) is 5.88. The van der Waals surface area contributed by atoms with Gasteiger partial charge in [-0.1, -0.05) is 18.0 Å². The smallest absolute Gasteiger partial charge is 0.253 e. The molecule has 1 fully saturated rings. The van der Waals surface area contributed by atoms with Crippen LogP contribution in [-0.4, -0.2) is 43.5 Å². The lowest BCUT2D eigenvalue weighted by molar-refractivity contribution is 0.0926. The van der Waals surface area contributed by atoms with Crippen molar-refractivity contribution in [1.29, 1.82) is 0 Å². The van der Waals surface area contributed by atoms with Crippen molar-refractivity contribution in [1.82, 2.24) is 10.2 Å². The number of carbonyl (C=O) groups excluding carboxylic acids is 1. The summed E-state index contributed by atoms with van der Waals surface area (Å²) < 4.78 is 0. The highest BCUT2D eigenvalue weighted by molar-refractivity contribution is 6.31. The number of amides is 1. The number of likely N-dealkylation sites (tertiary alicyclic amines) is 1. The molecule has 1 heterocycles. The number of anilines is 1. The Morgan fingerprint density at radius 3 is 2.71 bits per heavy atom. The minimum Gasteiger partial charge on any atom is -0.387 e. The zero-order valence-corrected chi connectivity index (χ0v) is 13.5. The molecule has 2 N–H and O–H groups in total. The van der Waals surface area contributed by atoms with Crippen LogP contribution in [0.25, 0.3) is 0 Å². The summed E-state index contributed by atoms with van der Waals surface area (Å²) in [5.74, 6) is -0.0774. The molecule has 1 aliphatic rings. The molecule has 1 aromatic rings. The Bertz CT molecular complexity index is 486. The molecule has 5 heteroatoms. The molecule has 1 atom stereocenters. The highest BCUT2D eigenvalue weighted by Crippen LogP contribution is 2.20. The minimum absolute atomic E-state index is 0.0774. The molecule has 21 heavy (non-hydrogen) atoms. The summed E-state index contributed by atoms with van der Waals surface area (Å²) in [5, 5.41) is 6.67. The number of hydrogen-bond donors (Lipinski definition) is 2. The zero-order valence-electron chi connectivity index (χ0n) is 12.8. The van der Waals surface area contributed by atoms with Crippen molar-refractivity contribution in [3.8, 4) is 0 Å². The molecule has 0 aliphatic carbocycles. The maximum atomic E-state index is 12.4. The van der Waals surface area contributed by atoms with E-state index < -0.39 is 0 Å². The van der Waals surface area contributed by atoms with Crippen LogP contribution >= 0.6 is 11.6 Å². The fraction of sp³-hybridized carbons (Fsp3) is 0.562. The SMILES string of the molecule is CNc1ccc(Cl)cc1C(=O)NC(C)CN1CCCCC1. The largest absolute Gasteiger partial charge is 0.387 e. The van der Waals surface area contributed by atoms with E-state index in [1.54, 1.807) is 19.2 Å². The van der Waals surface area contributed by atoms with Crippen molar-refractivity contribution in [2.45, 2.75) is 32.2 Å². The molecule has 4 nitrogen and oxygen atoms in total. The van der Waals surface area contributed by atoms with Gasteiger partial charge in [0.1, 0.15) is 0 Å². The Labute approximate surface area is 131 Å². The summed E-state index contributed by atoms with van der Waals surface area (Å²) in [5.41, 5.74) is 1.39. The molecule has 0 saturated carbocycles. The second-order valence-corrected chi connectivity index (χ2v) is 6.11. The third-order valence-electron chi connectivity index (χ3n) is 3.85. The molecule has 0 radical (unpaired) electrons. The predicted octanol–water partition coefficient (Wildman–Crippen LogP) is 2.99. The summed E-state index contributed by atoms with van der Waals surface area (Å²) in [6, 6.07) is 5.43. The summed E-state index contributed by atoms with van der Waals surface area (Å²) >= 11 is 5.99. The van der Waals surface area contributed by atoms with Crippen LogP contribution in [0, 0.1) is 0 Å². The van der Waals surface area contributed by atoms with Gasteiger partial charge in [0, 0.05) is 30.3 Å². The summed E-state index contributed by atoms with van der Waals surface area (Å²) in [7, 11) is 1.80. The average molecular weight is 310 g/mol. The zero-order chi connectivity index (χ0) is 15.2. The van der Waals surface area contributed by atoms with Gasteiger partial charge in [0.15, 0.2) is 0 Å². The van der Waals surface area contributed by atoms with Gasteiger partial charge in [-0.25, -0.2) is 0 Å². The van der Waals surface area contributed by atoms with Crippen LogP contribution in [0.2, 0.25) is 5.02 Å². The van der Waals surface area contributed by atoms with Gasteiger partial charge in [-0.05, 0) is 51.1 Å². The molecule has 1 unspecified atom stereocenters. The normalized spacial score (nSPS) is 17.3. The van der Waals surface area contributed by atoms with Crippen molar-refractivity contribution in [2.24, 2.45) is 0 Å². The Morgan fingerprint density at radius 1 is 1.33 bits per heavy atom. The molecule has 1 aromatic carbocycles. The quantitative estimate of drug-likeness (QED) is 0.879. The molecule has 0 bridgehead atoms. The van der Waals surface area contributed by atoms with Crippen molar-refractivity contribution in [3.05, 3.63) is 28.8 Å². The molecule has 116 valence electrons. The molecule has 1 saturated heterocycles. The van der Waals surface area contributed by atoms with Crippen molar-refractivity contribution in [2.75, 3.05) is 32.0 Å². The lowest BCUT2D eigenvalue weighted by Gasteiger charge is -2.29. The van der Waals surface area contributed by atoms with Gasteiger partial charge in [0.05, 0.1) is 5.56 Å². The number of carbonyl (C=O) groups is 1. The van der Waals surface area contributed by atoms with Crippen LogP contribution in [0.1, 0.15) is 36.5 Å². The summed E-state index contributed by atoms with van der Waals surface area (Å²) in [4.78, 5) is 14.8. The van der Waals surface area contributed by atoms with Crippen LogP contribution in [0.4, 0.5) is 5.69 Å². The summed E-state index contributed by atoms with van der Waals surface area (Å²) in [6.07, 6.45) is 3.85. The molecule has 0 aromatic heterocycles. The van der Waals surface area contributed by atoms with E-state index in [0.717, 1.165) is 25.3 Å². The first-order valence-electron chi connectivity index (χ1n) is 7.60. The highest BCUT2D eigenvalue weighted by Gasteiger charge is 2.17. The molecule has 1 amide bonds. The second-order valence-electron chi connectivity index (χ2n) is 5.68. The second kappa shape index (κ2) is 7.66. The van der Waals surface area contributed by atoms with Gasteiger partial charge in [-0.15, -0.1) is 0 Å². The Balaban J connectivity index is 1.95. The Hall–Kier alpha value is -1.26. The topological polar surface area (TPSA) is 44.4 Å². The van der Waals surface area contributed by atoms with E-state index in [2.05, 4.69) is 22.5 Å². The van der Waals surface area contributed by atoms with Gasteiger partial charge in [0.2, 0.25) is 0 Å². The lowest BCUT2D eigenvalue weighted by Crippen LogP contribution is -2.43. The Morgan fingerprint density at radius 2 is 2.05 bits per heavy atom.